The number of benzene rings is 4. The quantitative estimate of drug-likeness (QED) is 0.153. The first-order valence-corrected chi connectivity index (χ1v) is 13.4. The zero-order valence-electron chi connectivity index (χ0n) is 17.4. The standard InChI is InChI=1S/C17H11.C9H7.2CH3.Si.Zr/c1-3-7-15-12(5-1)9-10-14-11-13-6-2-4-8-16(13)17(14)15;1-2-5-9-7-3-6-8(9)4-1;;;;/h1-11H;1-7H;2*1H3;;/q4*-1;;. The summed E-state index contributed by atoms with van der Waals surface area (Å²) in [4.78, 5) is 0. The van der Waals surface area contributed by atoms with Gasteiger partial charge in [0.05, 0.1) is 0 Å². The summed E-state index contributed by atoms with van der Waals surface area (Å²) in [5.74, 6) is 0. The molecule has 0 nitrogen and oxygen atoms in total. The van der Waals surface area contributed by atoms with Crippen LogP contribution in [0.2, 0.25) is 0 Å². The fourth-order valence-electron chi connectivity index (χ4n) is 3.80. The van der Waals surface area contributed by atoms with Gasteiger partial charge in [-0.3, -0.25) is 0 Å². The first kappa shape index (κ1) is 24.0. The molecule has 0 unspecified atom stereocenters. The van der Waals surface area contributed by atoms with E-state index in [0.717, 1.165) is 0 Å². The van der Waals surface area contributed by atoms with E-state index in [1.54, 1.807) is 0 Å². The van der Waals surface area contributed by atoms with Crippen LogP contribution in [0.5, 0.6) is 0 Å². The van der Waals surface area contributed by atoms with Gasteiger partial charge in [-0.2, -0.15) is 17.5 Å². The fraction of sp³-hybridized carbons (Fsp3) is 0. The molecular formula is C28H24SiZr-4. The molecule has 0 aliphatic heterocycles. The van der Waals surface area contributed by atoms with Crippen molar-refractivity contribution in [2.45, 2.75) is 0 Å². The van der Waals surface area contributed by atoms with Gasteiger partial charge >= 0.3 is 30.2 Å². The largest absolute Gasteiger partial charge is 0.168 e. The van der Waals surface area contributed by atoms with Crippen LogP contribution in [0, 0.1) is 14.9 Å². The van der Waals surface area contributed by atoms with Gasteiger partial charge in [0.15, 0.2) is 0 Å². The van der Waals surface area contributed by atoms with Gasteiger partial charge in [-0.05, 0) is 5.39 Å². The van der Waals surface area contributed by atoms with Crippen LogP contribution in [0.25, 0.3) is 43.1 Å². The second-order valence-electron chi connectivity index (χ2n) is 6.64. The molecule has 0 fully saturated rings. The summed E-state index contributed by atoms with van der Waals surface area (Å²) < 4.78 is 0. The monoisotopic (exact) mass is 478 g/mol. The van der Waals surface area contributed by atoms with Crippen LogP contribution < -0.4 is 0 Å². The third kappa shape index (κ3) is 4.72. The SMILES string of the molecule is [CH3-].[CH3-].[Si]=[Zr].c1ccc2[cH-]ccc2c1.c1ccc2c(c1)ccc1[cH-]c3ccccc3c12. The van der Waals surface area contributed by atoms with Gasteiger partial charge in [-0.15, -0.1) is 69.4 Å². The Bertz CT molecular complexity index is 1320. The van der Waals surface area contributed by atoms with Crippen LogP contribution in [0.15, 0.2) is 109 Å². The molecule has 0 N–H and O–H groups in total. The van der Waals surface area contributed by atoms with Gasteiger partial charge in [0.1, 0.15) is 0 Å². The van der Waals surface area contributed by atoms with Crippen LogP contribution >= 0.6 is 0 Å². The third-order valence-corrected chi connectivity index (χ3v) is 5.05. The molecule has 0 heterocycles. The van der Waals surface area contributed by atoms with Crippen molar-refractivity contribution in [3.05, 3.63) is 124 Å². The molecule has 0 spiro atoms. The van der Waals surface area contributed by atoms with Crippen molar-refractivity contribution in [1.82, 2.24) is 0 Å². The van der Waals surface area contributed by atoms with Crippen LogP contribution in [-0.4, -0.2) is 6.88 Å². The van der Waals surface area contributed by atoms with Crippen LogP contribution in [0.4, 0.5) is 0 Å². The fourth-order valence-corrected chi connectivity index (χ4v) is 3.80. The molecule has 6 aromatic rings. The number of rotatable bonds is 0. The summed E-state index contributed by atoms with van der Waals surface area (Å²) in [7, 11) is 0. The van der Waals surface area contributed by atoms with Gasteiger partial charge in [0, 0.05) is 0 Å². The molecule has 0 aliphatic carbocycles. The molecule has 0 aromatic heterocycles. The molecule has 0 aliphatic rings. The Balaban J connectivity index is 0.000000212. The zero-order chi connectivity index (χ0) is 19.3. The van der Waals surface area contributed by atoms with E-state index in [1.807, 2.05) is 0 Å². The number of hydrogen-bond acceptors (Lipinski definition) is 0. The van der Waals surface area contributed by atoms with Gasteiger partial charge < -0.3 is 14.9 Å². The second-order valence-corrected chi connectivity index (χ2v) is 6.64. The summed E-state index contributed by atoms with van der Waals surface area (Å²) in [6.45, 7) is 3.06. The molecular weight excluding hydrogens is 456 g/mol. The first-order chi connectivity index (χ1) is 13.9. The van der Waals surface area contributed by atoms with E-state index in [4.69, 9.17) is 0 Å². The van der Waals surface area contributed by atoms with E-state index < -0.39 is 0 Å². The van der Waals surface area contributed by atoms with Gasteiger partial charge in [0.2, 0.25) is 0 Å². The van der Waals surface area contributed by atoms with Crippen molar-refractivity contribution in [3.63, 3.8) is 0 Å². The minimum absolute atomic E-state index is 0. The van der Waals surface area contributed by atoms with E-state index in [1.165, 1.54) is 66.4 Å². The van der Waals surface area contributed by atoms with Crippen molar-refractivity contribution in [3.8, 4) is 0 Å². The Hall–Kier alpha value is -2.28. The van der Waals surface area contributed by atoms with Crippen molar-refractivity contribution in [1.29, 1.82) is 0 Å². The van der Waals surface area contributed by atoms with Gasteiger partial charge in [0.25, 0.3) is 0 Å². The van der Waals surface area contributed by atoms with Crippen molar-refractivity contribution >= 4 is 50.0 Å². The van der Waals surface area contributed by atoms with Crippen LogP contribution in [0.3, 0.4) is 0 Å². The Morgan fingerprint density at radius 2 is 1.13 bits per heavy atom. The number of hydrogen-bond donors (Lipinski definition) is 0. The molecule has 6 rings (SSSR count). The van der Waals surface area contributed by atoms with Crippen LogP contribution in [0.1, 0.15) is 0 Å². The first-order valence-electron chi connectivity index (χ1n) is 9.21. The maximum absolute atomic E-state index is 3.06. The molecule has 0 atom stereocenters. The summed E-state index contributed by atoms with van der Waals surface area (Å²) in [6, 6.07) is 38.6. The molecule has 2 radical (unpaired) electrons. The normalized spacial score (nSPS) is 9.70. The summed E-state index contributed by atoms with van der Waals surface area (Å²) >= 11 is 1.36. The second kappa shape index (κ2) is 11.2. The Morgan fingerprint density at radius 3 is 1.87 bits per heavy atom. The van der Waals surface area contributed by atoms with E-state index in [2.05, 4.69) is 116 Å². The van der Waals surface area contributed by atoms with E-state index in [0.29, 0.717) is 0 Å². The Morgan fingerprint density at radius 1 is 0.533 bits per heavy atom. The van der Waals surface area contributed by atoms with Crippen molar-refractivity contribution in [2.75, 3.05) is 0 Å². The minimum Gasteiger partial charge on any atom is -0.168 e. The predicted molar refractivity (Wildman–Crippen MR) is 133 cm³/mol. The molecule has 148 valence electrons. The summed E-state index contributed by atoms with van der Waals surface area (Å²) in [5, 5.41) is 10.7. The van der Waals surface area contributed by atoms with Crippen molar-refractivity contribution in [2.24, 2.45) is 0 Å². The average Bonchev–Trinajstić information content (AvgIpc) is 3.40. The van der Waals surface area contributed by atoms with Gasteiger partial charge in [-0.1, -0.05) is 60.0 Å². The molecule has 6 aromatic carbocycles. The Kier molecular flexibility index (Phi) is 8.96. The molecule has 2 heteroatoms. The zero-order valence-corrected chi connectivity index (χ0v) is 20.9. The molecule has 0 saturated carbocycles. The number of fused-ring (bicyclic) bond motifs is 6. The molecule has 0 saturated heterocycles. The smallest absolute Gasteiger partial charge is 0.0333 e. The molecule has 30 heavy (non-hydrogen) atoms. The maximum atomic E-state index is 3.06. The molecule has 0 amide bonds. The molecule has 0 bridgehead atoms. The van der Waals surface area contributed by atoms with Gasteiger partial charge in [-0.25, -0.2) is 0 Å². The topological polar surface area (TPSA) is 0 Å². The third-order valence-electron chi connectivity index (χ3n) is 5.05. The summed E-state index contributed by atoms with van der Waals surface area (Å²) in [5.41, 5.74) is 0. The van der Waals surface area contributed by atoms with E-state index in [-0.39, 0.29) is 14.9 Å². The van der Waals surface area contributed by atoms with E-state index in [9.17, 15) is 0 Å². The van der Waals surface area contributed by atoms with E-state index >= 15 is 0 Å². The summed E-state index contributed by atoms with van der Waals surface area (Å²) in [6.07, 6.45) is 0. The Labute approximate surface area is 196 Å². The minimum atomic E-state index is 0. The maximum Gasteiger partial charge on any atom is -0.0333 e. The van der Waals surface area contributed by atoms with Crippen molar-refractivity contribution < 1.29 is 23.3 Å². The average molecular weight is 480 g/mol. The predicted octanol–water partition coefficient (Wildman–Crippen LogP) is 7.94. The van der Waals surface area contributed by atoms with Crippen LogP contribution in [-0.2, 0) is 23.3 Å².